The second-order valence-electron chi connectivity index (χ2n) is 7.16. The maximum absolute atomic E-state index is 12.8. The molecule has 4 heteroatoms. The first-order valence-corrected chi connectivity index (χ1v) is 11.4. The van der Waals surface area contributed by atoms with Crippen LogP contribution in [0.3, 0.4) is 0 Å². The summed E-state index contributed by atoms with van der Waals surface area (Å²) in [6.45, 7) is 23.6. The summed E-state index contributed by atoms with van der Waals surface area (Å²) in [7, 11) is 0. The third kappa shape index (κ3) is 7.80. The van der Waals surface area contributed by atoms with Crippen LogP contribution in [0.5, 0.6) is 0 Å². The van der Waals surface area contributed by atoms with Crippen LogP contribution in [-0.2, 0) is 6.42 Å². The summed E-state index contributed by atoms with van der Waals surface area (Å²) in [6.07, 6.45) is 0.919. The molecular formula is C27H35FN2S. The highest BCUT2D eigenvalue weighted by atomic mass is 32.1. The third-order valence-corrected chi connectivity index (χ3v) is 5.45. The predicted molar refractivity (Wildman–Crippen MR) is 137 cm³/mol. The number of hydrogen-bond donors (Lipinski definition) is 1. The topological polar surface area (TPSA) is 24.9 Å². The summed E-state index contributed by atoms with van der Waals surface area (Å²) in [5.74, 6) is -0.190. The molecule has 31 heavy (non-hydrogen) atoms. The Balaban J connectivity index is 0.000000303. The van der Waals surface area contributed by atoms with E-state index in [0.717, 1.165) is 44.9 Å². The summed E-state index contributed by atoms with van der Waals surface area (Å²) >= 11 is 1.70. The molecule has 3 aromatic rings. The van der Waals surface area contributed by atoms with E-state index in [-0.39, 0.29) is 11.9 Å². The Hall–Kier alpha value is -2.72. The number of halogens is 1. The second kappa shape index (κ2) is 12.9. The van der Waals surface area contributed by atoms with Gasteiger partial charge in [0.15, 0.2) is 0 Å². The summed E-state index contributed by atoms with van der Waals surface area (Å²) < 4.78 is 14.0. The maximum Gasteiger partial charge on any atom is 0.123 e. The molecule has 1 unspecified atom stereocenters. The van der Waals surface area contributed by atoms with E-state index in [1.807, 2.05) is 58.9 Å². The molecule has 3 rings (SSSR count). The Kier molecular flexibility index (Phi) is 10.9. The molecule has 2 aromatic carbocycles. The first-order valence-electron chi connectivity index (χ1n) is 10.6. The molecule has 1 heterocycles. The fourth-order valence-corrected chi connectivity index (χ4v) is 4.02. The highest BCUT2D eigenvalue weighted by molar-refractivity contribution is 7.18. The molecule has 0 aliphatic heterocycles. The molecule has 0 amide bonds. The lowest BCUT2D eigenvalue weighted by atomic mass is 10.0. The van der Waals surface area contributed by atoms with E-state index < -0.39 is 0 Å². The summed E-state index contributed by atoms with van der Waals surface area (Å²) in [6, 6.07) is 13.1. The quantitative estimate of drug-likeness (QED) is 0.390. The summed E-state index contributed by atoms with van der Waals surface area (Å²) in [5.41, 5.74) is 6.04. The van der Waals surface area contributed by atoms with Gasteiger partial charge in [-0.2, -0.15) is 0 Å². The monoisotopic (exact) mass is 438 g/mol. The van der Waals surface area contributed by atoms with Gasteiger partial charge >= 0.3 is 0 Å². The molecule has 166 valence electrons. The number of allylic oxidation sites excluding steroid dienone is 2. The molecule has 0 radical (unpaired) electrons. The normalized spacial score (nSPS) is 10.8. The van der Waals surface area contributed by atoms with Crippen molar-refractivity contribution in [1.82, 2.24) is 10.3 Å². The van der Waals surface area contributed by atoms with E-state index in [9.17, 15) is 4.39 Å². The lowest BCUT2D eigenvalue weighted by Gasteiger charge is -2.17. The number of nitrogens with zero attached hydrogens (tertiary/aromatic N) is 1. The fraction of sp³-hybridized carbons (Fsp3) is 0.296. The van der Waals surface area contributed by atoms with Gasteiger partial charge in [0, 0.05) is 5.70 Å². The molecule has 0 aliphatic rings. The number of rotatable bonds is 6. The van der Waals surface area contributed by atoms with Crippen LogP contribution in [0.2, 0.25) is 0 Å². The minimum Gasteiger partial charge on any atom is -0.376 e. The summed E-state index contributed by atoms with van der Waals surface area (Å²) in [4.78, 5) is 4.64. The lowest BCUT2D eigenvalue weighted by molar-refractivity contribution is 0.626. The molecular weight excluding hydrogens is 403 g/mol. The number of benzene rings is 2. The molecule has 1 atom stereocenters. The predicted octanol–water partition coefficient (Wildman–Crippen LogP) is 8.48. The number of aryl methyl sites for hydroxylation is 1. The molecule has 0 saturated heterocycles. The van der Waals surface area contributed by atoms with Gasteiger partial charge in [0.05, 0.1) is 16.3 Å². The Bertz CT molecular complexity index is 1000. The van der Waals surface area contributed by atoms with Gasteiger partial charge in [0.1, 0.15) is 10.8 Å². The van der Waals surface area contributed by atoms with E-state index >= 15 is 0 Å². The number of para-hydroxylation sites is 1. The smallest absolute Gasteiger partial charge is 0.123 e. The Morgan fingerprint density at radius 2 is 1.71 bits per heavy atom. The van der Waals surface area contributed by atoms with Crippen molar-refractivity contribution >= 4 is 27.1 Å². The van der Waals surface area contributed by atoms with Crippen LogP contribution in [0.25, 0.3) is 15.8 Å². The molecule has 0 spiro atoms. The Morgan fingerprint density at radius 3 is 2.23 bits per heavy atom. The Morgan fingerprint density at radius 1 is 1.06 bits per heavy atom. The fourth-order valence-electron chi connectivity index (χ4n) is 2.91. The minimum absolute atomic E-state index is 0.0601. The zero-order valence-corrected chi connectivity index (χ0v) is 20.5. The molecule has 0 saturated carbocycles. The second-order valence-corrected chi connectivity index (χ2v) is 8.22. The average molecular weight is 439 g/mol. The van der Waals surface area contributed by atoms with E-state index in [0.29, 0.717) is 0 Å². The van der Waals surface area contributed by atoms with Gasteiger partial charge in [-0.1, -0.05) is 69.9 Å². The van der Waals surface area contributed by atoms with Crippen LogP contribution in [-0.4, -0.2) is 4.98 Å². The van der Waals surface area contributed by atoms with Crippen molar-refractivity contribution in [2.75, 3.05) is 0 Å². The number of aromatic nitrogens is 1. The third-order valence-electron chi connectivity index (χ3n) is 4.35. The van der Waals surface area contributed by atoms with Gasteiger partial charge in [-0.25, -0.2) is 9.37 Å². The highest BCUT2D eigenvalue weighted by Gasteiger charge is 2.16. The van der Waals surface area contributed by atoms with Crippen molar-refractivity contribution in [3.8, 4) is 0 Å². The van der Waals surface area contributed by atoms with Gasteiger partial charge in [0.2, 0.25) is 0 Å². The first-order chi connectivity index (χ1) is 14.7. The molecule has 2 nitrogen and oxygen atoms in total. The van der Waals surface area contributed by atoms with E-state index in [1.165, 1.54) is 10.8 Å². The molecule has 0 fully saturated rings. The van der Waals surface area contributed by atoms with Crippen LogP contribution in [0.1, 0.15) is 63.7 Å². The first kappa shape index (κ1) is 26.3. The number of hydrogen-bond acceptors (Lipinski definition) is 3. The van der Waals surface area contributed by atoms with Gasteiger partial charge < -0.3 is 5.32 Å². The van der Waals surface area contributed by atoms with Crippen molar-refractivity contribution in [1.29, 1.82) is 0 Å². The van der Waals surface area contributed by atoms with Crippen LogP contribution in [0.15, 0.2) is 73.5 Å². The number of fused-ring (bicyclic) bond motifs is 1. The van der Waals surface area contributed by atoms with Gasteiger partial charge in [-0.05, 0) is 62.6 Å². The van der Waals surface area contributed by atoms with Crippen molar-refractivity contribution < 1.29 is 4.39 Å². The van der Waals surface area contributed by atoms with Gasteiger partial charge in [0.25, 0.3) is 0 Å². The molecule has 0 bridgehead atoms. The van der Waals surface area contributed by atoms with Crippen molar-refractivity contribution in [3.05, 3.63) is 95.4 Å². The average Bonchev–Trinajstić information content (AvgIpc) is 3.17. The maximum atomic E-state index is 12.8. The SMILES string of the molecule is C=C(C)NC(C(=C)C)c1nc2ccccc2s1.C=C(C)c1cc(F)ccc1CC.CC. The number of thiazole rings is 1. The number of nitrogens with one attached hydrogen (secondary N) is 1. The van der Waals surface area contributed by atoms with Crippen LogP contribution in [0.4, 0.5) is 4.39 Å². The van der Waals surface area contributed by atoms with E-state index in [4.69, 9.17) is 0 Å². The van der Waals surface area contributed by atoms with Gasteiger partial charge in [-0.15, -0.1) is 11.3 Å². The van der Waals surface area contributed by atoms with Crippen molar-refractivity contribution in [2.24, 2.45) is 0 Å². The summed E-state index contributed by atoms with van der Waals surface area (Å²) in [5, 5.41) is 4.35. The zero-order valence-electron chi connectivity index (χ0n) is 19.7. The standard InChI is InChI=1S/C14H16N2S.C11H13F.C2H6/c1-9(2)13(15-10(3)4)14-16-11-7-5-6-8-12(11)17-14;1-4-9-5-6-10(12)7-11(9)8(2)3;1-2/h5-8,13,15H,1,3H2,2,4H3;5-7H,2,4H2,1,3H3;1-2H3. The largest absolute Gasteiger partial charge is 0.376 e. The minimum atomic E-state index is -0.190. The van der Waals surface area contributed by atoms with Crippen LogP contribution in [0, 0.1) is 5.82 Å². The molecule has 1 aromatic heterocycles. The van der Waals surface area contributed by atoms with Crippen molar-refractivity contribution in [2.45, 2.75) is 54.0 Å². The molecule has 1 N–H and O–H groups in total. The molecule has 0 aliphatic carbocycles. The van der Waals surface area contributed by atoms with Crippen LogP contribution >= 0.6 is 11.3 Å². The van der Waals surface area contributed by atoms with Crippen LogP contribution < -0.4 is 5.32 Å². The van der Waals surface area contributed by atoms with E-state index in [2.05, 4.69) is 43.0 Å². The van der Waals surface area contributed by atoms with Gasteiger partial charge in [-0.3, -0.25) is 0 Å². The Labute approximate surface area is 191 Å². The van der Waals surface area contributed by atoms with E-state index in [1.54, 1.807) is 17.4 Å². The van der Waals surface area contributed by atoms with Crippen molar-refractivity contribution in [3.63, 3.8) is 0 Å². The zero-order chi connectivity index (χ0) is 23.6. The lowest BCUT2D eigenvalue weighted by Crippen LogP contribution is -2.19. The highest BCUT2D eigenvalue weighted by Crippen LogP contribution is 2.29.